The highest BCUT2D eigenvalue weighted by atomic mass is 32.2. The van der Waals surface area contributed by atoms with Crippen LogP contribution < -0.4 is 0 Å². The van der Waals surface area contributed by atoms with Gasteiger partial charge in [-0.3, -0.25) is 0 Å². The molecule has 2 bridgehead atoms. The van der Waals surface area contributed by atoms with E-state index >= 15 is 0 Å². The minimum absolute atomic E-state index is 0.772. The van der Waals surface area contributed by atoms with Crippen LogP contribution in [0, 0.1) is 5.92 Å². The van der Waals surface area contributed by atoms with Crippen molar-refractivity contribution in [3.05, 3.63) is 22.0 Å². The second-order valence-electron chi connectivity index (χ2n) is 3.42. The van der Waals surface area contributed by atoms with Gasteiger partial charge >= 0.3 is 0 Å². The quantitative estimate of drug-likeness (QED) is 0.528. The van der Waals surface area contributed by atoms with E-state index in [2.05, 4.69) is 19.1 Å². The molecule has 0 amide bonds. The molecule has 0 spiro atoms. The second kappa shape index (κ2) is 3.06. The fourth-order valence-corrected chi connectivity index (χ4v) is 2.99. The molecular formula is C10H14S. The van der Waals surface area contributed by atoms with Gasteiger partial charge in [-0.1, -0.05) is 30.3 Å². The Morgan fingerprint density at radius 2 is 2.27 bits per heavy atom. The average molecular weight is 166 g/mol. The molecule has 0 nitrogen and oxygen atoms in total. The van der Waals surface area contributed by atoms with Gasteiger partial charge in [0, 0.05) is 0 Å². The molecule has 0 aromatic rings. The molecule has 2 rings (SSSR count). The normalized spacial score (nSPS) is 30.5. The third-order valence-corrected chi connectivity index (χ3v) is 3.41. The number of rotatable bonds is 0. The third kappa shape index (κ3) is 1.70. The summed E-state index contributed by atoms with van der Waals surface area (Å²) in [5.41, 5.74) is 0. The summed E-state index contributed by atoms with van der Waals surface area (Å²) in [5, 5.41) is 0. The predicted octanol–water partition coefficient (Wildman–Crippen LogP) is 3.71. The van der Waals surface area contributed by atoms with Gasteiger partial charge in [-0.2, -0.15) is 0 Å². The van der Waals surface area contributed by atoms with E-state index in [-0.39, 0.29) is 0 Å². The number of allylic oxidation sites excluding steroid dienone is 4. The van der Waals surface area contributed by atoms with Crippen LogP contribution in [-0.4, -0.2) is 0 Å². The van der Waals surface area contributed by atoms with Crippen LogP contribution in [-0.2, 0) is 0 Å². The Bertz CT molecular complexity index is 213. The summed E-state index contributed by atoms with van der Waals surface area (Å²) < 4.78 is 0. The number of fused-ring (bicyclic) bond motifs is 1. The molecule has 1 atom stereocenters. The smallest absolute Gasteiger partial charge is 0.00316 e. The summed E-state index contributed by atoms with van der Waals surface area (Å²) in [6.07, 6.45) is 10.4. The van der Waals surface area contributed by atoms with Gasteiger partial charge in [-0.15, -0.1) is 0 Å². The van der Waals surface area contributed by atoms with Crippen LogP contribution in [0.4, 0.5) is 0 Å². The molecule has 1 heterocycles. The maximum atomic E-state index is 2.46. The highest BCUT2D eigenvalue weighted by Crippen LogP contribution is 2.39. The summed E-state index contributed by atoms with van der Waals surface area (Å²) in [4.78, 5) is 3.13. The molecule has 2 aliphatic rings. The van der Waals surface area contributed by atoms with Gasteiger partial charge in [0.15, 0.2) is 0 Å². The molecule has 1 heteroatoms. The van der Waals surface area contributed by atoms with Gasteiger partial charge in [-0.05, 0) is 41.9 Å². The minimum atomic E-state index is 0.772. The van der Waals surface area contributed by atoms with Crippen LogP contribution in [0.3, 0.4) is 0 Å². The molecule has 0 radical (unpaired) electrons. The summed E-state index contributed by atoms with van der Waals surface area (Å²) in [6, 6.07) is 0. The van der Waals surface area contributed by atoms with E-state index in [1.165, 1.54) is 30.6 Å². The van der Waals surface area contributed by atoms with E-state index in [0.29, 0.717) is 0 Å². The van der Waals surface area contributed by atoms with Gasteiger partial charge < -0.3 is 0 Å². The van der Waals surface area contributed by atoms with E-state index in [4.69, 9.17) is 0 Å². The van der Waals surface area contributed by atoms with Gasteiger partial charge in [-0.25, -0.2) is 0 Å². The molecule has 0 saturated heterocycles. The van der Waals surface area contributed by atoms with Crippen molar-refractivity contribution < 1.29 is 0 Å². The van der Waals surface area contributed by atoms with E-state index in [1.807, 2.05) is 11.8 Å². The summed E-state index contributed by atoms with van der Waals surface area (Å²) in [5.74, 6) is 0.772. The summed E-state index contributed by atoms with van der Waals surface area (Å²) in [6.45, 7) is 2.23. The van der Waals surface area contributed by atoms with Gasteiger partial charge in [0.2, 0.25) is 0 Å². The molecule has 11 heavy (non-hydrogen) atoms. The fraction of sp³-hybridized carbons (Fsp3) is 0.600. The van der Waals surface area contributed by atoms with Crippen molar-refractivity contribution in [3.63, 3.8) is 0 Å². The van der Waals surface area contributed by atoms with E-state index < -0.39 is 0 Å². The lowest BCUT2D eigenvalue weighted by Crippen LogP contribution is -1.94. The highest BCUT2D eigenvalue weighted by molar-refractivity contribution is 8.06. The highest BCUT2D eigenvalue weighted by Gasteiger charge is 2.15. The average Bonchev–Trinajstić information content (AvgIpc) is 2.11. The zero-order valence-electron chi connectivity index (χ0n) is 6.97. The molecule has 1 aliphatic heterocycles. The van der Waals surface area contributed by atoms with Crippen molar-refractivity contribution >= 4 is 11.8 Å². The molecule has 0 saturated carbocycles. The lowest BCUT2D eigenvalue weighted by molar-refractivity contribution is 0.645. The Labute approximate surface area is 72.8 Å². The van der Waals surface area contributed by atoms with E-state index in [1.54, 1.807) is 4.91 Å². The fourth-order valence-electron chi connectivity index (χ4n) is 1.84. The van der Waals surface area contributed by atoms with Crippen LogP contribution in [0.2, 0.25) is 0 Å². The van der Waals surface area contributed by atoms with Crippen LogP contribution in [0.25, 0.3) is 0 Å². The first kappa shape index (κ1) is 7.48. The Morgan fingerprint density at radius 3 is 3.18 bits per heavy atom. The zero-order chi connectivity index (χ0) is 7.68. The predicted molar refractivity (Wildman–Crippen MR) is 51.4 cm³/mol. The lowest BCUT2D eigenvalue weighted by atomic mass is 10.0. The minimum Gasteiger partial charge on any atom is -0.0999 e. The topological polar surface area (TPSA) is 0 Å². The standard InChI is InChI=1S/C10H14S/c1-8-6-9-4-2-3-5-10(7-9)11-8/h6-7,9H,2-5H2,1H3. The number of hydrogen-bond donors (Lipinski definition) is 0. The van der Waals surface area contributed by atoms with Crippen molar-refractivity contribution in [2.24, 2.45) is 5.92 Å². The molecule has 0 N–H and O–H groups in total. The van der Waals surface area contributed by atoms with Gasteiger partial charge in [0.05, 0.1) is 0 Å². The molecular weight excluding hydrogens is 152 g/mol. The first-order valence-corrected chi connectivity index (χ1v) is 5.23. The Balaban J connectivity index is 2.18. The summed E-state index contributed by atoms with van der Waals surface area (Å²) in [7, 11) is 0. The Morgan fingerprint density at radius 1 is 1.36 bits per heavy atom. The number of hydrogen-bond acceptors (Lipinski definition) is 1. The van der Waals surface area contributed by atoms with Crippen LogP contribution in [0.15, 0.2) is 22.0 Å². The van der Waals surface area contributed by atoms with E-state index in [0.717, 1.165) is 5.92 Å². The maximum absolute atomic E-state index is 2.46. The molecule has 1 unspecified atom stereocenters. The van der Waals surface area contributed by atoms with Crippen molar-refractivity contribution in [2.75, 3.05) is 0 Å². The number of thioether (sulfide) groups is 1. The van der Waals surface area contributed by atoms with Crippen molar-refractivity contribution in [2.45, 2.75) is 32.6 Å². The van der Waals surface area contributed by atoms with Crippen LogP contribution in [0.1, 0.15) is 32.6 Å². The van der Waals surface area contributed by atoms with Crippen molar-refractivity contribution in [1.82, 2.24) is 0 Å². The van der Waals surface area contributed by atoms with E-state index in [9.17, 15) is 0 Å². The van der Waals surface area contributed by atoms with Crippen molar-refractivity contribution in [1.29, 1.82) is 0 Å². The maximum Gasteiger partial charge on any atom is -0.00316 e. The molecule has 0 fully saturated rings. The Hall–Kier alpha value is -0.170. The largest absolute Gasteiger partial charge is 0.0999 e. The SMILES string of the molecule is CC1=CC2C=C(CCCC2)S1. The first-order valence-electron chi connectivity index (χ1n) is 4.41. The van der Waals surface area contributed by atoms with Gasteiger partial charge in [0.25, 0.3) is 0 Å². The van der Waals surface area contributed by atoms with Crippen LogP contribution in [0.5, 0.6) is 0 Å². The van der Waals surface area contributed by atoms with Gasteiger partial charge in [0.1, 0.15) is 0 Å². The molecule has 0 aromatic heterocycles. The monoisotopic (exact) mass is 166 g/mol. The van der Waals surface area contributed by atoms with Crippen molar-refractivity contribution in [3.8, 4) is 0 Å². The molecule has 1 aliphatic carbocycles. The third-order valence-electron chi connectivity index (χ3n) is 2.35. The lowest BCUT2D eigenvalue weighted by Gasteiger charge is -2.14. The molecule has 60 valence electrons. The zero-order valence-corrected chi connectivity index (χ0v) is 7.79. The Kier molecular flexibility index (Phi) is 2.08. The summed E-state index contributed by atoms with van der Waals surface area (Å²) >= 11 is 1.98. The second-order valence-corrected chi connectivity index (χ2v) is 4.79. The van der Waals surface area contributed by atoms with Crippen LogP contribution >= 0.6 is 11.8 Å². The molecule has 0 aromatic carbocycles. The first-order chi connectivity index (χ1) is 5.34.